The van der Waals surface area contributed by atoms with E-state index in [4.69, 9.17) is 0 Å². The predicted molar refractivity (Wildman–Crippen MR) is 80.6 cm³/mol. The number of rotatable bonds is 1. The number of fused-ring (bicyclic) bond motifs is 1. The third-order valence-corrected chi connectivity index (χ3v) is 4.31. The van der Waals surface area contributed by atoms with Crippen LogP contribution >= 0.6 is 0 Å². The first-order valence-corrected chi connectivity index (χ1v) is 7.32. The fraction of sp³-hybridized carbons (Fsp3) is 0.471. The lowest BCUT2D eigenvalue weighted by molar-refractivity contribution is -0.331. The number of hydrogen-bond acceptors (Lipinski definition) is 1. The number of nitrogens with zero attached hydrogens (tertiary/aromatic N) is 1. The summed E-state index contributed by atoms with van der Waals surface area (Å²) >= 11 is 0. The number of nitrogens with one attached hydrogen (secondary N) is 1. The summed E-state index contributed by atoms with van der Waals surface area (Å²) in [7, 11) is 0. The molecule has 1 aliphatic heterocycles. The van der Waals surface area contributed by atoms with Crippen molar-refractivity contribution < 1.29 is 4.98 Å². The molecule has 0 spiro atoms. The van der Waals surface area contributed by atoms with Crippen molar-refractivity contribution in [2.45, 2.75) is 33.6 Å². The third kappa shape index (κ3) is 2.44. The third-order valence-electron chi connectivity index (χ3n) is 4.31. The normalized spacial score (nSPS) is 17.1. The van der Waals surface area contributed by atoms with Crippen molar-refractivity contribution in [2.75, 3.05) is 18.0 Å². The molecule has 0 amide bonds. The van der Waals surface area contributed by atoms with Crippen LogP contribution in [-0.4, -0.2) is 13.1 Å². The van der Waals surface area contributed by atoms with Crippen molar-refractivity contribution in [3.8, 4) is 0 Å². The molecule has 1 N–H and O–H groups in total. The highest BCUT2D eigenvalue weighted by atomic mass is 15.2. The molecule has 1 fully saturated rings. The minimum atomic E-state index is 0.874. The Morgan fingerprint density at radius 3 is 2.58 bits per heavy atom. The number of aromatic nitrogens is 1. The number of H-pyrrole nitrogens is 1. The molecule has 1 aromatic heterocycles. The van der Waals surface area contributed by atoms with E-state index < -0.39 is 0 Å². The van der Waals surface area contributed by atoms with E-state index in [1.807, 2.05) is 0 Å². The average molecular weight is 255 g/mol. The zero-order valence-corrected chi connectivity index (χ0v) is 12.2. The van der Waals surface area contributed by atoms with E-state index >= 15 is 0 Å². The number of aromatic amines is 1. The number of benzene rings is 1. The molecular weight excluding hydrogens is 232 g/mol. The largest absolute Gasteiger partial charge is 0.277 e. The summed E-state index contributed by atoms with van der Waals surface area (Å²) in [6.07, 6.45) is 2.61. The standard InChI is InChI=1S/C17H22N2/c1-12-6-8-19(9-7-12)17-14(3)11-15-5-4-13(2)10-16(15)18-17/h4-5,10-12H,6-9H2,1-3H3/p+1. The van der Waals surface area contributed by atoms with E-state index in [0.717, 1.165) is 5.92 Å². The van der Waals surface area contributed by atoms with Gasteiger partial charge in [-0.2, -0.15) is 0 Å². The molecule has 1 saturated heterocycles. The maximum absolute atomic E-state index is 3.65. The van der Waals surface area contributed by atoms with Crippen LogP contribution in [0, 0.1) is 19.8 Å². The van der Waals surface area contributed by atoms with Crippen molar-refractivity contribution in [1.29, 1.82) is 0 Å². The van der Waals surface area contributed by atoms with Crippen LogP contribution < -0.4 is 9.88 Å². The van der Waals surface area contributed by atoms with Crippen molar-refractivity contribution in [1.82, 2.24) is 0 Å². The lowest BCUT2D eigenvalue weighted by Gasteiger charge is -2.26. The second-order valence-electron chi connectivity index (χ2n) is 6.06. The smallest absolute Gasteiger partial charge is 0.262 e. The van der Waals surface area contributed by atoms with Crippen molar-refractivity contribution >= 4 is 16.7 Å². The van der Waals surface area contributed by atoms with Crippen LogP contribution in [0.1, 0.15) is 30.9 Å². The second-order valence-corrected chi connectivity index (χ2v) is 6.06. The molecule has 1 aliphatic rings. The highest BCUT2D eigenvalue weighted by molar-refractivity contribution is 5.78. The van der Waals surface area contributed by atoms with Gasteiger partial charge in [-0.25, -0.2) is 4.98 Å². The van der Waals surface area contributed by atoms with Gasteiger partial charge >= 0.3 is 0 Å². The molecule has 0 saturated carbocycles. The molecule has 3 rings (SSSR count). The van der Waals surface area contributed by atoms with Gasteiger partial charge in [0.1, 0.15) is 5.52 Å². The molecule has 19 heavy (non-hydrogen) atoms. The monoisotopic (exact) mass is 255 g/mol. The first kappa shape index (κ1) is 12.5. The molecule has 1 aromatic carbocycles. The quantitative estimate of drug-likeness (QED) is 0.762. The number of pyridine rings is 1. The maximum Gasteiger partial charge on any atom is 0.277 e. The number of piperidine rings is 1. The van der Waals surface area contributed by atoms with E-state index in [-0.39, 0.29) is 0 Å². The second kappa shape index (κ2) is 4.84. The van der Waals surface area contributed by atoms with Crippen LogP contribution in [0.2, 0.25) is 0 Å². The first-order chi connectivity index (χ1) is 9.13. The predicted octanol–water partition coefficient (Wildman–Crippen LogP) is 3.51. The molecule has 2 heteroatoms. The maximum atomic E-state index is 3.65. The number of aryl methyl sites for hydroxylation is 2. The Kier molecular flexibility index (Phi) is 3.17. The van der Waals surface area contributed by atoms with Gasteiger partial charge in [-0.3, -0.25) is 4.90 Å². The minimum absolute atomic E-state index is 0.874. The van der Waals surface area contributed by atoms with Crippen LogP contribution in [0.15, 0.2) is 24.3 Å². The van der Waals surface area contributed by atoms with E-state index in [0.29, 0.717) is 0 Å². The fourth-order valence-electron chi connectivity index (χ4n) is 2.99. The Morgan fingerprint density at radius 1 is 1.11 bits per heavy atom. The summed E-state index contributed by atoms with van der Waals surface area (Å²) in [5.74, 6) is 2.18. The van der Waals surface area contributed by atoms with Gasteiger partial charge in [0.15, 0.2) is 0 Å². The Bertz CT molecular complexity index is 595. The van der Waals surface area contributed by atoms with Crippen molar-refractivity contribution in [3.05, 3.63) is 35.4 Å². The summed E-state index contributed by atoms with van der Waals surface area (Å²) in [6.45, 7) is 9.07. The molecule has 100 valence electrons. The van der Waals surface area contributed by atoms with Gasteiger partial charge < -0.3 is 0 Å². The van der Waals surface area contributed by atoms with Crippen molar-refractivity contribution in [3.63, 3.8) is 0 Å². The summed E-state index contributed by atoms with van der Waals surface area (Å²) < 4.78 is 0. The molecule has 0 aliphatic carbocycles. The van der Waals surface area contributed by atoms with Crippen LogP contribution in [0.25, 0.3) is 10.9 Å². The summed E-state index contributed by atoms with van der Waals surface area (Å²) in [6, 6.07) is 8.93. The highest BCUT2D eigenvalue weighted by Gasteiger charge is 2.24. The fourth-order valence-corrected chi connectivity index (χ4v) is 2.99. The van der Waals surface area contributed by atoms with E-state index in [9.17, 15) is 0 Å². The summed E-state index contributed by atoms with van der Waals surface area (Å²) in [5.41, 5.74) is 3.91. The van der Waals surface area contributed by atoms with Gasteiger partial charge in [-0.15, -0.1) is 0 Å². The highest BCUT2D eigenvalue weighted by Crippen LogP contribution is 2.24. The SMILES string of the molecule is Cc1ccc2cc(C)c(N3CCC(C)CC3)[nH+]c2c1. The zero-order chi connectivity index (χ0) is 13.4. The van der Waals surface area contributed by atoms with E-state index in [1.54, 1.807) is 0 Å². The van der Waals surface area contributed by atoms with Gasteiger partial charge in [-0.05, 0) is 50.3 Å². The van der Waals surface area contributed by atoms with Crippen molar-refractivity contribution in [2.24, 2.45) is 5.92 Å². The number of hydrogen-bond donors (Lipinski definition) is 0. The van der Waals surface area contributed by atoms with Gasteiger partial charge in [0.25, 0.3) is 5.82 Å². The molecule has 0 atom stereocenters. The minimum Gasteiger partial charge on any atom is -0.262 e. The molecule has 2 heterocycles. The molecule has 2 nitrogen and oxygen atoms in total. The van der Waals surface area contributed by atoms with Gasteiger partial charge in [0.05, 0.1) is 13.1 Å². The molecular formula is C17H23N2+. The number of anilines is 1. The lowest BCUT2D eigenvalue weighted by atomic mass is 9.99. The first-order valence-electron chi connectivity index (χ1n) is 7.32. The molecule has 2 aromatic rings. The molecule has 0 unspecified atom stereocenters. The van der Waals surface area contributed by atoms with Crippen LogP contribution in [-0.2, 0) is 0 Å². The Hall–Kier alpha value is -1.57. The van der Waals surface area contributed by atoms with E-state index in [2.05, 4.69) is 54.9 Å². The molecule has 0 bridgehead atoms. The Labute approximate surface area is 115 Å². The van der Waals surface area contributed by atoms with Gasteiger partial charge in [0.2, 0.25) is 0 Å². The van der Waals surface area contributed by atoms with Gasteiger partial charge in [0, 0.05) is 10.9 Å². The Morgan fingerprint density at radius 2 is 1.84 bits per heavy atom. The topological polar surface area (TPSA) is 17.4 Å². The average Bonchev–Trinajstić information content (AvgIpc) is 2.40. The lowest BCUT2D eigenvalue weighted by Crippen LogP contribution is -2.37. The summed E-state index contributed by atoms with van der Waals surface area (Å²) in [4.78, 5) is 6.16. The zero-order valence-electron chi connectivity index (χ0n) is 12.2. The van der Waals surface area contributed by atoms with E-state index in [1.165, 1.54) is 53.8 Å². The van der Waals surface area contributed by atoms with Crippen LogP contribution in [0.5, 0.6) is 0 Å². The summed E-state index contributed by atoms with van der Waals surface area (Å²) in [5, 5.41) is 1.30. The van der Waals surface area contributed by atoms with Crippen LogP contribution in [0.4, 0.5) is 5.82 Å². The molecule has 0 radical (unpaired) electrons. The Balaban J connectivity index is 2.00. The van der Waals surface area contributed by atoms with Gasteiger partial charge in [-0.1, -0.05) is 19.1 Å². The van der Waals surface area contributed by atoms with Crippen LogP contribution in [0.3, 0.4) is 0 Å².